The Bertz CT molecular complexity index is 546. The van der Waals surface area contributed by atoms with Gasteiger partial charge in [0.05, 0.1) is 11.6 Å². The summed E-state index contributed by atoms with van der Waals surface area (Å²) >= 11 is 0. The van der Waals surface area contributed by atoms with Crippen molar-refractivity contribution in [3.05, 3.63) is 42.0 Å². The van der Waals surface area contributed by atoms with Gasteiger partial charge in [0.15, 0.2) is 0 Å². The molecular formula is C11H8BNO2. The molecule has 2 N–H and O–H groups in total. The Hall–Kier alpha value is -1.83. The Balaban J connectivity index is 2.84. The van der Waals surface area contributed by atoms with E-state index in [1.54, 1.807) is 36.4 Å². The summed E-state index contributed by atoms with van der Waals surface area (Å²) < 4.78 is 0. The van der Waals surface area contributed by atoms with Crippen LogP contribution in [0.2, 0.25) is 0 Å². The van der Waals surface area contributed by atoms with Crippen molar-refractivity contribution in [3.8, 4) is 6.07 Å². The highest BCUT2D eigenvalue weighted by Gasteiger charge is 2.14. The molecule has 0 radical (unpaired) electrons. The number of benzene rings is 2. The Morgan fingerprint density at radius 1 is 1.00 bits per heavy atom. The number of hydrogen-bond donors (Lipinski definition) is 2. The first kappa shape index (κ1) is 9.72. The lowest BCUT2D eigenvalue weighted by Gasteiger charge is -2.05. The molecule has 0 fully saturated rings. The number of hydrogen-bond acceptors (Lipinski definition) is 3. The van der Waals surface area contributed by atoms with Crippen LogP contribution < -0.4 is 5.46 Å². The maximum absolute atomic E-state index is 9.16. The molecule has 2 rings (SSSR count). The van der Waals surface area contributed by atoms with Crippen molar-refractivity contribution in [3.63, 3.8) is 0 Å². The topological polar surface area (TPSA) is 64.2 Å². The molecule has 0 saturated heterocycles. The minimum absolute atomic E-state index is 0.421. The van der Waals surface area contributed by atoms with Gasteiger partial charge in [-0.05, 0) is 22.3 Å². The van der Waals surface area contributed by atoms with Gasteiger partial charge in [-0.2, -0.15) is 5.26 Å². The van der Waals surface area contributed by atoms with Crippen LogP contribution in [0, 0.1) is 11.3 Å². The second kappa shape index (κ2) is 3.74. The molecule has 0 aliphatic carbocycles. The summed E-state index contributed by atoms with van der Waals surface area (Å²) in [6.07, 6.45) is 0. The molecule has 0 atom stereocenters. The SMILES string of the molecule is N#Cc1cccc2c(B(O)O)cccc12. The van der Waals surface area contributed by atoms with Crippen LogP contribution in [0.1, 0.15) is 5.56 Å². The predicted molar refractivity (Wildman–Crippen MR) is 58.5 cm³/mol. The highest BCUT2D eigenvalue weighted by molar-refractivity contribution is 6.62. The van der Waals surface area contributed by atoms with Gasteiger partial charge < -0.3 is 10.0 Å². The summed E-state index contributed by atoms with van der Waals surface area (Å²) in [4.78, 5) is 0. The van der Waals surface area contributed by atoms with Crippen LogP contribution >= 0.6 is 0 Å². The first-order chi connectivity index (χ1) is 7.24. The molecule has 2 aromatic carbocycles. The van der Waals surface area contributed by atoms with Crippen LogP contribution in [0.25, 0.3) is 10.8 Å². The van der Waals surface area contributed by atoms with Gasteiger partial charge in [0.1, 0.15) is 0 Å². The maximum Gasteiger partial charge on any atom is 0.489 e. The quantitative estimate of drug-likeness (QED) is 0.650. The molecule has 3 nitrogen and oxygen atoms in total. The van der Waals surface area contributed by atoms with Crippen molar-refractivity contribution in [2.75, 3.05) is 0 Å². The standard InChI is InChI=1S/C11H8BNO2/c13-7-8-3-1-5-10-9(8)4-2-6-11(10)12(14)15/h1-6,14-15H. The number of nitrogens with zero attached hydrogens (tertiary/aromatic N) is 1. The minimum Gasteiger partial charge on any atom is -0.423 e. The van der Waals surface area contributed by atoms with Crippen molar-refractivity contribution in [1.82, 2.24) is 0 Å². The van der Waals surface area contributed by atoms with Crippen molar-refractivity contribution >= 4 is 23.4 Å². The average Bonchev–Trinajstić information content (AvgIpc) is 2.27. The molecular weight excluding hydrogens is 189 g/mol. The van der Waals surface area contributed by atoms with Gasteiger partial charge in [-0.15, -0.1) is 0 Å². The summed E-state index contributed by atoms with van der Waals surface area (Å²) in [5.74, 6) is 0. The Morgan fingerprint density at radius 3 is 2.33 bits per heavy atom. The van der Waals surface area contributed by atoms with Crippen molar-refractivity contribution in [2.45, 2.75) is 0 Å². The smallest absolute Gasteiger partial charge is 0.423 e. The summed E-state index contributed by atoms with van der Waals surface area (Å²) in [5.41, 5.74) is 0.958. The normalized spacial score (nSPS) is 9.93. The molecule has 0 aliphatic heterocycles. The van der Waals surface area contributed by atoms with Gasteiger partial charge in [-0.25, -0.2) is 0 Å². The third-order valence-corrected chi connectivity index (χ3v) is 2.35. The van der Waals surface area contributed by atoms with E-state index in [1.807, 2.05) is 0 Å². The molecule has 0 spiro atoms. The minimum atomic E-state index is -1.51. The van der Waals surface area contributed by atoms with Crippen LogP contribution in [-0.2, 0) is 0 Å². The largest absolute Gasteiger partial charge is 0.489 e. The zero-order chi connectivity index (χ0) is 10.8. The van der Waals surface area contributed by atoms with Crippen molar-refractivity contribution in [1.29, 1.82) is 5.26 Å². The molecule has 0 aliphatic rings. The van der Waals surface area contributed by atoms with Crippen LogP contribution in [-0.4, -0.2) is 17.2 Å². The molecule has 72 valence electrons. The highest BCUT2D eigenvalue weighted by Crippen LogP contribution is 2.16. The zero-order valence-electron chi connectivity index (χ0n) is 7.88. The van der Waals surface area contributed by atoms with Gasteiger partial charge in [-0.1, -0.05) is 30.3 Å². The van der Waals surface area contributed by atoms with E-state index in [1.165, 1.54) is 0 Å². The second-order valence-electron chi connectivity index (χ2n) is 3.23. The third kappa shape index (κ3) is 1.59. The molecule has 0 amide bonds. The molecule has 0 bridgehead atoms. The highest BCUT2D eigenvalue weighted by atomic mass is 16.4. The summed E-state index contributed by atoms with van der Waals surface area (Å²) in [6.45, 7) is 0. The monoisotopic (exact) mass is 197 g/mol. The van der Waals surface area contributed by atoms with E-state index in [9.17, 15) is 0 Å². The average molecular weight is 197 g/mol. The van der Waals surface area contributed by atoms with E-state index in [0.29, 0.717) is 16.4 Å². The lowest BCUT2D eigenvalue weighted by molar-refractivity contribution is 0.426. The molecule has 0 unspecified atom stereocenters. The fraction of sp³-hybridized carbons (Fsp3) is 0. The van der Waals surface area contributed by atoms with Crippen LogP contribution in [0.15, 0.2) is 36.4 Å². The fourth-order valence-electron chi connectivity index (χ4n) is 1.66. The molecule has 15 heavy (non-hydrogen) atoms. The van der Waals surface area contributed by atoms with E-state index in [0.717, 1.165) is 5.39 Å². The van der Waals surface area contributed by atoms with Crippen LogP contribution in [0.3, 0.4) is 0 Å². The Labute approximate surface area is 87.4 Å². The molecule has 0 saturated carbocycles. The van der Waals surface area contributed by atoms with E-state index in [4.69, 9.17) is 15.3 Å². The first-order valence-corrected chi connectivity index (χ1v) is 4.52. The third-order valence-electron chi connectivity index (χ3n) is 2.35. The van der Waals surface area contributed by atoms with E-state index < -0.39 is 7.12 Å². The van der Waals surface area contributed by atoms with Gasteiger partial charge in [0.2, 0.25) is 0 Å². The number of rotatable bonds is 1. The summed E-state index contributed by atoms with van der Waals surface area (Å²) in [7, 11) is -1.51. The predicted octanol–water partition coefficient (Wildman–Crippen LogP) is 0.391. The molecule has 0 heterocycles. The Morgan fingerprint density at radius 2 is 1.67 bits per heavy atom. The van der Waals surface area contributed by atoms with E-state index in [2.05, 4.69) is 6.07 Å². The number of fused-ring (bicyclic) bond motifs is 1. The molecule has 2 aromatic rings. The summed E-state index contributed by atoms with van der Waals surface area (Å²) in [5, 5.41) is 28.6. The summed E-state index contributed by atoms with van der Waals surface area (Å²) in [6, 6.07) is 12.4. The lowest BCUT2D eigenvalue weighted by Crippen LogP contribution is -2.30. The molecule has 4 heteroatoms. The maximum atomic E-state index is 9.16. The first-order valence-electron chi connectivity index (χ1n) is 4.52. The zero-order valence-corrected chi connectivity index (χ0v) is 7.88. The fourth-order valence-corrected chi connectivity index (χ4v) is 1.66. The van der Waals surface area contributed by atoms with Gasteiger partial charge in [-0.3, -0.25) is 0 Å². The van der Waals surface area contributed by atoms with Gasteiger partial charge in [0.25, 0.3) is 0 Å². The van der Waals surface area contributed by atoms with Gasteiger partial charge in [0, 0.05) is 0 Å². The van der Waals surface area contributed by atoms with Crippen molar-refractivity contribution < 1.29 is 10.0 Å². The Kier molecular flexibility index (Phi) is 2.42. The van der Waals surface area contributed by atoms with E-state index >= 15 is 0 Å². The lowest BCUT2D eigenvalue weighted by atomic mass is 9.77. The van der Waals surface area contributed by atoms with Gasteiger partial charge >= 0.3 is 7.12 Å². The van der Waals surface area contributed by atoms with Crippen LogP contribution in [0.4, 0.5) is 0 Å². The van der Waals surface area contributed by atoms with Crippen molar-refractivity contribution in [2.24, 2.45) is 0 Å². The van der Waals surface area contributed by atoms with E-state index in [-0.39, 0.29) is 0 Å². The number of nitriles is 1. The van der Waals surface area contributed by atoms with Crippen LogP contribution in [0.5, 0.6) is 0 Å². The molecule has 0 aromatic heterocycles. The second-order valence-corrected chi connectivity index (χ2v) is 3.23.